The van der Waals surface area contributed by atoms with Crippen LogP contribution < -0.4 is 10.1 Å². The fraction of sp³-hybridized carbons (Fsp3) is 0.292. The highest BCUT2D eigenvalue weighted by molar-refractivity contribution is 7.99. The average molecular weight is 471 g/mol. The van der Waals surface area contributed by atoms with Crippen LogP contribution in [0.5, 0.6) is 5.75 Å². The molecule has 1 heterocycles. The Hall–Kier alpha value is -2.77. The number of amides is 1. The molecule has 8 heteroatoms. The van der Waals surface area contributed by atoms with E-state index >= 15 is 0 Å². The first-order valence-corrected chi connectivity index (χ1v) is 11.7. The highest BCUT2D eigenvalue weighted by Crippen LogP contribution is 2.28. The Morgan fingerprint density at radius 1 is 1.25 bits per heavy atom. The topological polar surface area (TPSA) is 69.0 Å². The average Bonchev–Trinajstić information content (AvgIpc) is 3.15. The third kappa shape index (κ3) is 6.14. The lowest BCUT2D eigenvalue weighted by atomic mass is 9.98. The standard InChI is InChI=1S/C24H27ClN4O2S/c1-5-13-29-21(14-31-19-11-9-18(25)10-12-19)27-28-24(29)32-15-22(30)26-23-17(4)7-6-8-20(23)16(2)3/h5-12,16H,1,13-15H2,2-4H3,(H,26,30). The summed E-state index contributed by atoms with van der Waals surface area (Å²) >= 11 is 7.25. The van der Waals surface area contributed by atoms with E-state index in [9.17, 15) is 4.79 Å². The minimum absolute atomic E-state index is 0.0849. The summed E-state index contributed by atoms with van der Waals surface area (Å²) in [5, 5.41) is 12.9. The van der Waals surface area contributed by atoms with Crippen LogP contribution in [-0.2, 0) is 17.9 Å². The lowest BCUT2D eigenvalue weighted by molar-refractivity contribution is -0.113. The molecule has 0 radical (unpaired) electrons. The minimum atomic E-state index is -0.0849. The van der Waals surface area contributed by atoms with Gasteiger partial charge in [0.2, 0.25) is 5.91 Å². The molecular formula is C24H27ClN4O2S. The van der Waals surface area contributed by atoms with Gasteiger partial charge in [-0.25, -0.2) is 0 Å². The van der Waals surface area contributed by atoms with E-state index < -0.39 is 0 Å². The third-order valence-corrected chi connectivity index (χ3v) is 6.03. The summed E-state index contributed by atoms with van der Waals surface area (Å²) in [6, 6.07) is 13.2. The quantitative estimate of drug-likeness (QED) is 0.297. The van der Waals surface area contributed by atoms with Crippen molar-refractivity contribution in [1.29, 1.82) is 0 Å². The summed E-state index contributed by atoms with van der Waals surface area (Å²) in [5.41, 5.74) is 3.06. The molecule has 168 valence electrons. The second-order valence-corrected chi connectivity index (χ2v) is 8.95. The fourth-order valence-electron chi connectivity index (χ4n) is 3.17. The Kier molecular flexibility index (Phi) is 8.36. The van der Waals surface area contributed by atoms with Crippen LogP contribution >= 0.6 is 23.4 Å². The van der Waals surface area contributed by atoms with Crippen LogP contribution in [0.4, 0.5) is 5.69 Å². The molecule has 6 nitrogen and oxygen atoms in total. The summed E-state index contributed by atoms with van der Waals surface area (Å²) in [5.74, 6) is 1.80. The van der Waals surface area contributed by atoms with Crippen LogP contribution in [-0.4, -0.2) is 26.4 Å². The van der Waals surface area contributed by atoms with E-state index in [1.54, 1.807) is 30.3 Å². The monoisotopic (exact) mass is 470 g/mol. The van der Waals surface area contributed by atoms with E-state index in [0.29, 0.717) is 34.2 Å². The molecule has 0 atom stereocenters. The van der Waals surface area contributed by atoms with Crippen LogP contribution in [0.3, 0.4) is 0 Å². The zero-order chi connectivity index (χ0) is 23.1. The molecule has 3 aromatic rings. The van der Waals surface area contributed by atoms with Gasteiger partial charge in [0.1, 0.15) is 12.4 Å². The van der Waals surface area contributed by atoms with E-state index in [-0.39, 0.29) is 18.3 Å². The molecule has 1 N–H and O–H groups in total. The van der Waals surface area contributed by atoms with E-state index in [1.165, 1.54) is 11.8 Å². The predicted octanol–water partition coefficient (Wildman–Crippen LogP) is 5.86. The maximum absolute atomic E-state index is 12.7. The van der Waals surface area contributed by atoms with Crippen molar-refractivity contribution < 1.29 is 9.53 Å². The zero-order valence-corrected chi connectivity index (χ0v) is 20.0. The lowest BCUT2D eigenvalue weighted by Gasteiger charge is -2.16. The molecular weight excluding hydrogens is 444 g/mol. The smallest absolute Gasteiger partial charge is 0.234 e. The second kappa shape index (κ2) is 11.2. The van der Waals surface area contributed by atoms with E-state index in [1.807, 2.05) is 29.7 Å². The number of halogens is 1. The molecule has 0 spiro atoms. The Morgan fingerprint density at radius 3 is 2.69 bits per heavy atom. The number of para-hydroxylation sites is 1. The first-order valence-electron chi connectivity index (χ1n) is 10.3. The van der Waals surface area contributed by atoms with Crippen molar-refractivity contribution in [3.8, 4) is 5.75 Å². The molecule has 0 unspecified atom stereocenters. The molecule has 0 aliphatic heterocycles. The zero-order valence-electron chi connectivity index (χ0n) is 18.5. The van der Waals surface area contributed by atoms with Crippen molar-refractivity contribution in [1.82, 2.24) is 14.8 Å². The number of carbonyl (C=O) groups excluding carboxylic acids is 1. The van der Waals surface area contributed by atoms with E-state index in [0.717, 1.165) is 16.8 Å². The summed E-state index contributed by atoms with van der Waals surface area (Å²) in [6.45, 7) is 10.8. The van der Waals surface area contributed by atoms with Crippen molar-refractivity contribution in [3.05, 3.63) is 77.1 Å². The van der Waals surface area contributed by atoms with Crippen LogP contribution in [0, 0.1) is 6.92 Å². The van der Waals surface area contributed by atoms with Gasteiger partial charge in [0, 0.05) is 17.3 Å². The van der Waals surface area contributed by atoms with Gasteiger partial charge >= 0.3 is 0 Å². The van der Waals surface area contributed by atoms with Crippen LogP contribution in [0.15, 0.2) is 60.3 Å². The lowest BCUT2D eigenvalue weighted by Crippen LogP contribution is -2.17. The molecule has 0 saturated heterocycles. The number of nitrogens with one attached hydrogen (secondary N) is 1. The van der Waals surface area contributed by atoms with Crippen molar-refractivity contribution in [3.63, 3.8) is 0 Å². The highest BCUT2D eigenvalue weighted by Gasteiger charge is 2.16. The van der Waals surface area contributed by atoms with Gasteiger partial charge in [-0.1, -0.05) is 61.5 Å². The van der Waals surface area contributed by atoms with E-state index in [2.05, 4.69) is 35.9 Å². The molecule has 0 aliphatic rings. The van der Waals surface area contributed by atoms with Crippen molar-refractivity contribution in [2.45, 2.75) is 45.0 Å². The molecule has 32 heavy (non-hydrogen) atoms. The predicted molar refractivity (Wildman–Crippen MR) is 131 cm³/mol. The third-order valence-electron chi connectivity index (χ3n) is 4.81. The first kappa shape index (κ1) is 23.9. The molecule has 3 rings (SSSR count). The highest BCUT2D eigenvalue weighted by atomic mass is 35.5. The fourth-order valence-corrected chi connectivity index (χ4v) is 4.06. The number of hydrogen-bond acceptors (Lipinski definition) is 5. The van der Waals surface area contributed by atoms with Gasteiger partial charge in [-0.3, -0.25) is 9.36 Å². The summed E-state index contributed by atoms with van der Waals surface area (Å²) in [6.07, 6.45) is 1.77. The summed E-state index contributed by atoms with van der Waals surface area (Å²) in [4.78, 5) is 12.7. The van der Waals surface area contributed by atoms with Gasteiger partial charge in [0.05, 0.1) is 5.75 Å². The number of aromatic nitrogens is 3. The minimum Gasteiger partial charge on any atom is -0.486 e. The van der Waals surface area contributed by atoms with Crippen molar-refractivity contribution >= 4 is 35.0 Å². The number of allylic oxidation sites excluding steroid dienone is 1. The van der Waals surface area contributed by atoms with Gasteiger partial charge < -0.3 is 10.1 Å². The normalized spacial score (nSPS) is 10.9. The number of nitrogens with zero attached hydrogens (tertiary/aromatic N) is 3. The number of benzene rings is 2. The van der Waals surface area contributed by atoms with Crippen molar-refractivity contribution in [2.24, 2.45) is 0 Å². The number of carbonyl (C=O) groups is 1. The Balaban J connectivity index is 1.65. The Bertz CT molecular complexity index is 1080. The maximum atomic E-state index is 12.7. The Labute approximate surface area is 198 Å². The molecule has 0 aliphatic carbocycles. The van der Waals surface area contributed by atoms with Gasteiger partial charge in [-0.2, -0.15) is 0 Å². The van der Waals surface area contributed by atoms with Gasteiger partial charge in [-0.15, -0.1) is 16.8 Å². The van der Waals surface area contributed by atoms with Crippen LogP contribution in [0.1, 0.15) is 36.7 Å². The number of hydrogen-bond donors (Lipinski definition) is 1. The number of ether oxygens (including phenoxy) is 1. The van der Waals surface area contributed by atoms with Crippen LogP contribution in [0.25, 0.3) is 0 Å². The number of rotatable bonds is 10. The maximum Gasteiger partial charge on any atom is 0.234 e. The largest absolute Gasteiger partial charge is 0.486 e. The molecule has 0 fully saturated rings. The molecule has 1 aromatic heterocycles. The van der Waals surface area contributed by atoms with Crippen LogP contribution in [0.2, 0.25) is 5.02 Å². The van der Waals surface area contributed by atoms with Gasteiger partial charge in [-0.05, 0) is 48.2 Å². The van der Waals surface area contributed by atoms with E-state index in [4.69, 9.17) is 16.3 Å². The van der Waals surface area contributed by atoms with Gasteiger partial charge in [0.15, 0.2) is 11.0 Å². The van der Waals surface area contributed by atoms with Crippen molar-refractivity contribution in [2.75, 3.05) is 11.1 Å². The molecule has 0 saturated carbocycles. The summed E-state index contributed by atoms with van der Waals surface area (Å²) < 4.78 is 7.69. The number of anilines is 1. The summed E-state index contributed by atoms with van der Waals surface area (Å²) in [7, 11) is 0. The first-order chi connectivity index (χ1) is 15.4. The molecule has 0 bridgehead atoms. The molecule has 1 amide bonds. The second-order valence-electron chi connectivity index (χ2n) is 7.57. The number of aryl methyl sites for hydroxylation is 1. The molecule has 2 aromatic carbocycles. The van der Waals surface area contributed by atoms with Gasteiger partial charge in [0.25, 0.3) is 0 Å². The SMILES string of the molecule is C=CCn1c(COc2ccc(Cl)cc2)nnc1SCC(=O)Nc1c(C)cccc1C(C)C. The number of thioether (sulfide) groups is 1. The Morgan fingerprint density at radius 2 is 2.00 bits per heavy atom.